The van der Waals surface area contributed by atoms with Crippen molar-refractivity contribution < 1.29 is 52.7 Å². The number of hydrogen-bond acceptors (Lipinski definition) is 10. The van der Waals surface area contributed by atoms with Crippen molar-refractivity contribution in [2.24, 2.45) is 17.6 Å². The van der Waals surface area contributed by atoms with E-state index in [2.05, 4.69) is 4.74 Å². The van der Waals surface area contributed by atoms with E-state index in [0.29, 0.717) is 11.3 Å². The highest BCUT2D eigenvalue weighted by atomic mass is 19.4. The van der Waals surface area contributed by atoms with Gasteiger partial charge in [-0.1, -0.05) is 12.1 Å². The van der Waals surface area contributed by atoms with Crippen LogP contribution < -0.4 is 15.4 Å². The first-order chi connectivity index (χ1) is 20.4. The molecule has 44 heavy (non-hydrogen) atoms. The molecule has 0 aromatic heterocycles. The fraction of sp³-hybridized carbons (Fsp3) is 0.367. The van der Waals surface area contributed by atoms with Crippen molar-refractivity contribution in [3.05, 3.63) is 58.4 Å². The predicted octanol–water partition coefficient (Wildman–Crippen LogP) is 2.60. The number of hydrogen-bond donors (Lipinski definition) is 5. The van der Waals surface area contributed by atoms with Crippen molar-refractivity contribution in [3.8, 4) is 22.6 Å². The van der Waals surface area contributed by atoms with Crippen LogP contribution in [-0.2, 0) is 20.8 Å². The molecule has 4 atom stereocenters. The van der Waals surface area contributed by atoms with Crippen molar-refractivity contribution in [1.29, 1.82) is 0 Å². The molecule has 0 spiro atoms. The Kier molecular flexibility index (Phi) is 7.21. The molecule has 1 fully saturated rings. The number of phenols is 1. The third-order valence-electron chi connectivity index (χ3n) is 8.58. The van der Waals surface area contributed by atoms with Gasteiger partial charge < -0.3 is 35.8 Å². The number of fused-ring (bicyclic) bond motifs is 3. The number of amides is 1. The van der Waals surface area contributed by atoms with Crippen molar-refractivity contribution in [2.75, 3.05) is 33.1 Å². The molecule has 6 N–H and O–H groups in total. The number of Topliss-reactive ketones (excluding diaryl/α,β-unsaturated/α-hetero) is 2. The minimum Gasteiger partial charge on any atom is -0.508 e. The second-order valence-electron chi connectivity index (χ2n) is 11.6. The van der Waals surface area contributed by atoms with Crippen LogP contribution in [0.3, 0.4) is 0 Å². The summed E-state index contributed by atoms with van der Waals surface area (Å²) in [6.45, 7) is 0. The number of aliphatic hydroxyl groups is 3. The van der Waals surface area contributed by atoms with Gasteiger partial charge in [0.25, 0.3) is 5.91 Å². The highest BCUT2D eigenvalue weighted by Crippen LogP contribution is 2.55. The second kappa shape index (κ2) is 10.3. The number of carbonyl (C=O) groups is 3. The Bertz CT molecular complexity index is 1660. The van der Waals surface area contributed by atoms with Gasteiger partial charge in [-0.3, -0.25) is 19.3 Å². The van der Waals surface area contributed by atoms with Gasteiger partial charge in [0.05, 0.1) is 11.6 Å². The zero-order valence-electron chi connectivity index (χ0n) is 24.1. The molecular weight excluding hydrogens is 587 g/mol. The smallest absolute Gasteiger partial charge is 0.508 e. The summed E-state index contributed by atoms with van der Waals surface area (Å²) in [4.78, 5) is 42.6. The number of anilines is 1. The van der Waals surface area contributed by atoms with Gasteiger partial charge in [-0.05, 0) is 62.2 Å². The summed E-state index contributed by atoms with van der Waals surface area (Å²) in [7, 11) is 6.43. The van der Waals surface area contributed by atoms with Crippen LogP contribution in [0.4, 0.5) is 18.9 Å². The van der Waals surface area contributed by atoms with E-state index in [1.165, 1.54) is 31.1 Å². The molecule has 0 unspecified atom stereocenters. The molecule has 2 aromatic rings. The van der Waals surface area contributed by atoms with E-state index in [1.807, 2.05) is 0 Å². The molecular formula is C30H30F3N3O8. The molecule has 5 rings (SSSR count). The number of alkyl halides is 3. The largest absolute Gasteiger partial charge is 0.573 e. The van der Waals surface area contributed by atoms with Crippen LogP contribution in [0, 0.1) is 11.8 Å². The number of aromatic hydroxyl groups is 1. The molecule has 1 saturated carbocycles. The number of benzene rings is 2. The molecule has 0 radical (unpaired) electrons. The summed E-state index contributed by atoms with van der Waals surface area (Å²) in [5, 5.41) is 45.8. The van der Waals surface area contributed by atoms with Crippen LogP contribution in [0.2, 0.25) is 0 Å². The average Bonchev–Trinajstić information content (AvgIpc) is 2.90. The number of ether oxygens (including phenoxy) is 1. The molecule has 3 aliphatic carbocycles. The summed E-state index contributed by atoms with van der Waals surface area (Å²) in [5.41, 5.74) is 2.55. The predicted molar refractivity (Wildman–Crippen MR) is 151 cm³/mol. The Morgan fingerprint density at radius 2 is 1.68 bits per heavy atom. The van der Waals surface area contributed by atoms with E-state index >= 15 is 0 Å². The molecule has 0 saturated heterocycles. The van der Waals surface area contributed by atoms with E-state index in [1.54, 1.807) is 25.1 Å². The molecule has 14 heteroatoms. The molecule has 2 aromatic carbocycles. The molecule has 1 amide bonds. The average molecular weight is 618 g/mol. The Hall–Kier alpha value is -4.56. The highest BCUT2D eigenvalue weighted by Gasteiger charge is 2.64. The summed E-state index contributed by atoms with van der Waals surface area (Å²) in [6, 6.07) is 5.07. The molecule has 3 aliphatic rings. The van der Waals surface area contributed by atoms with Gasteiger partial charge in [0.1, 0.15) is 28.6 Å². The fourth-order valence-electron chi connectivity index (χ4n) is 6.75. The van der Waals surface area contributed by atoms with Crippen molar-refractivity contribution in [1.82, 2.24) is 4.90 Å². The Balaban J connectivity index is 1.71. The Labute approximate surface area is 249 Å². The number of phenolic OH excluding ortho intramolecular Hbond substituents is 1. The number of primary amides is 1. The monoisotopic (exact) mass is 617 g/mol. The van der Waals surface area contributed by atoms with Crippen molar-refractivity contribution >= 4 is 28.9 Å². The first kappa shape index (κ1) is 30.9. The van der Waals surface area contributed by atoms with Crippen LogP contribution in [0.15, 0.2) is 47.2 Å². The van der Waals surface area contributed by atoms with Crippen molar-refractivity contribution in [3.63, 3.8) is 0 Å². The first-order valence-corrected chi connectivity index (χ1v) is 13.5. The topological polar surface area (TPSA) is 174 Å². The van der Waals surface area contributed by atoms with Gasteiger partial charge in [-0.2, -0.15) is 0 Å². The van der Waals surface area contributed by atoms with E-state index < -0.39 is 75.9 Å². The fourth-order valence-corrected chi connectivity index (χ4v) is 6.75. The standard InChI is InChI=1S/C30H30F3N3O8/c1-35(2)18-11-15(12-5-7-14(8-6-12)44-30(31,32)33)23(37)20-16(18)9-13-10-17-22(36(3)4)25(39)21(28(34)42)27(41)29(17,43)26(40)19(13)24(20)38/h5-8,11,13,17,22,37-38,41,43H,9-10H2,1-4H3,(H2,34,42)/t13-,17-,22-,29-/m1/s1. The summed E-state index contributed by atoms with van der Waals surface area (Å²) in [6.07, 6.45) is -4.90. The quantitative estimate of drug-likeness (QED) is 0.314. The molecule has 0 aliphatic heterocycles. The van der Waals surface area contributed by atoms with Gasteiger partial charge in [0.15, 0.2) is 11.4 Å². The van der Waals surface area contributed by atoms with Crippen LogP contribution in [0.25, 0.3) is 16.9 Å². The number of nitrogens with two attached hydrogens (primary N) is 1. The minimum absolute atomic E-state index is 0.0676. The van der Waals surface area contributed by atoms with Crippen LogP contribution in [0.1, 0.15) is 17.5 Å². The van der Waals surface area contributed by atoms with Gasteiger partial charge in [-0.25, -0.2) is 0 Å². The number of rotatable bonds is 5. The van der Waals surface area contributed by atoms with Crippen LogP contribution >= 0.6 is 0 Å². The first-order valence-electron chi connectivity index (χ1n) is 13.5. The third-order valence-corrected chi connectivity index (χ3v) is 8.58. The Morgan fingerprint density at radius 3 is 2.20 bits per heavy atom. The Morgan fingerprint density at radius 1 is 1.07 bits per heavy atom. The van der Waals surface area contributed by atoms with Gasteiger partial charge >= 0.3 is 6.36 Å². The van der Waals surface area contributed by atoms with Crippen LogP contribution in [0.5, 0.6) is 11.5 Å². The lowest BCUT2D eigenvalue weighted by atomic mass is 9.57. The summed E-state index contributed by atoms with van der Waals surface area (Å²) < 4.78 is 41.9. The molecule has 0 bridgehead atoms. The van der Waals surface area contributed by atoms with E-state index in [-0.39, 0.29) is 35.1 Å². The molecule has 11 nitrogen and oxygen atoms in total. The maximum Gasteiger partial charge on any atom is 0.573 e. The summed E-state index contributed by atoms with van der Waals surface area (Å²) in [5.74, 6) is -8.15. The zero-order valence-corrected chi connectivity index (χ0v) is 24.1. The van der Waals surface area contributed by atoms with Gasteiger partial charge in [-0.15, -0.1) is 13.2 Å². The minimum atomic E-state index is -4.91. The lowest BCUT2D eigenvalue weighted by Gasteiger charge is -2.50. The maximum absolute atomic E-state index is 14.1. The number of ketones is 2. The highest BCUT2D eigenvalue weighted by molar-refractivity contribution is 6.24. The van der Waals surface area contributed by atoms with Crippen molar-refractivity contribution in [2.45, 2.75) is 30.8 Å². The lowest BCUT2D eigenvalue weighted by molar-refractivity contribution is -0.274. The zero-order chi connectivity index (χ0) is 32.6. The van der Waals surface area contributed by atoms with Gasteiger partial charge in [0, 0.05) is 36.8 Å². The lowest BCUT2D eigenvalue weighted by Crippen LogP contribution is -2.65. The molecule has 234 valence electrons. The number of carbonyl (C=O) groups excluding carboxylic acids is 3. The SMILES string of the molecule is CN(C)c1cc(-c2ccc(OC(F)(F)F)cc2)c(O)c2c1C[C@@H]1C[C@@H]3[C@@H](N(C)C)C(=O)C(C(N)=O)=C(O)[C@]3(O)C(=O)C1=C2O. The molecule has 0 heterocycles. The van der Waals surface area contributed by atoms with E-state index in [9.17, 15) is 48.0 Å². The second-order valence-corrected chi connectivity index (χ2v) is 11.6. The van der Waals surface area contributed by atoms with Gasteiger partial charge in [0.2, 0.25) is 5.78 Å². The van der Waals surface area contributed by atoms with Crippen LogP contribution in [-0.4, -0.2) is 89.0 Å². The number of nitrogens with zero attached hydrogens (tertiary/aromatic N) is 2. The van der Waals surface area contributed by atoms with E-state index in [4.69, 9.17) is 5.73 Å². The number of aliphatic hydroxyl groups excluding tert-OH is 2. The number of likely N-dealkylation sites (N-methyl/N-ethyl adjacent to an activating group) is 1. The van der Waals surface area contributed by atoms with E-state index in [0.717, 1.165) is 12.1 Å². The summed E-state index contributed by atoms with van der Waals surface area (Å²) >= 11 is 0. The third kappa shape index (κ3) is 4.56. The number of halogens is 3. The normalized spacial score (nSPS) is 25.1. The maximum atomic E-state index is 14.1.